The van der Waals surface area contributed by atoms with Gasteiger partial charge in [-0.2, -0.15) is 0 Å². The molecule has 156 valence electrons. The smallest absolute Gasteiger partial charge is 0.270 e. The van der Waals surface area contributed by atoms with Crippen molar-refractivity contribution < 1.29 is 9.53 Å². The quantitative estimate of drug-likeness (QED) is 0.132. The molecular formula is C23H21Cl2NO2S2. The molecule has 0 saturated carbocycles. The molecule has 1 aromatic carbocycles. The van der Waals surface area contributed by atoms with Gasteiger partial charge in [0.05, 0.1) is 17.7 Å². The van der Waals surface area contributed by atoms with Crippen molar-refractivity contribution in [2.75, 3.05) is 12.0 Å². The molecule has 0 aliphatic carbocycles. The SMILES string of the molecule is C=CC(C=C(Cl)/C=C/Cl)/C=C/C=C(/C=C1/SC(=S)N(c2ccc(C)cc2)C1=O)OC. The summed E-state index contributed by atoms with van der Waals surface area (Å²) < 4.78 is 5.88. The Morgan fingerprint density at radius 1 is 1.33 bits per heavy atom. The van der Waals surface area contributed by atoms with E-state index in [4.69, 9.17) is 40.2 Å². The second-order valence-electron chi connectivity index (χ2n) is 6.17. The van der Waals surface area contributed by atoms with Gasteiger partial charge in [-0.3, -0.25) is 9.69 Å². The number of amides is 1. The van der Waals surface area contributed by atoms with Gasteiger partial charge in [-0.15, -0.1) is 6.58 Å². The van der Waals surface area contributed by atoms with Gasteiger partial charge in [-0.25, -0.2) is 0 Å². The summed E-state index contributed by atoms with van der Waals surface area (Å²) in [4.78, 5) is 14.9. The number of benzene rings is 1. The highest BCUT2D eigenvalue weighted by Gasteiger charge is 2.33. The molecule has 0 bridgehead atoms. The third-order valence-electron chi connectivity index (χ3n) is 4.03. The second-order valence-corrected chi connectivity index (χ2v) is 8.53. The van der Waals surface area contributed by atoms with Crippen molar-refractivity contribution in [2.45, 2.75) is 6.92 Å². The number of halogens is 2. The standard InChI is InChI=1S/C23H21Cl2NO2S2/c1-4-17(14-18(25)12-13-24)6-5-7-20(28-3)15-21-22(27)26(23(29)30-21)19-10-8-16(2)9-11-19/h4-15,17H,1H2,2-3H3/b6-5+,13-12+,18-14?,20-7-,21-15+. The molecule has 1 heterocycles. The summed E-state index contributed by atoms with van der Waals surface area (Å²) in [6.45, 7) is 5.79. The van der Waals surface area contributed by atoms with Gasteiger partial charge in [0.25, 0.3) is 5.91 Å². The Labute approximate surface area is 197 Å². The second kappa shape index (κ2) is 12.0. The first-order valence-corrected chi connectivity index (χ1v) is 11.0. The van der Waals surface area contributed by atoms with E-state index in [9.17, 15) is 4.79 Å². The predicted octanol–water partition coefficient (Wildman–Crippen LogP) is 7.01. The highest BCUT2D eigenvalue weighted by molar-refractivity contribution is 8.27. The summed E-state index contributed by atoms with van der Waals surface area (Å²) in [5, 5.41) is 0.510. The van der Waals surface area contributed by atoms with Crippen LogP contribution < -0.4 is 4.90 Å². The summed E-state index contributed by atoms with van der Waals surface area (Å²) in [6, 6.07) is 7.66. The lowest BCUT2D eigenvalue weighted by Crippen LogP contribution is -2.27. The van der Waals surface area contributed by atoms with E-state index in [0.717, 1.165) is 11.3 Å². The van der Waals surface area contributed by atoms with E-state index < -0.39 is 0 Å². The molecule has 1 amide bonds. The number of aryl methyl sites for hydroxylation is 1. The minimum Gasteiger partial charge on any atom is -0.497 e. The summed E-state index contributed by atoms with van der Waals surface area (Å²) in [7, 11) is 1.55. The van der Waals surface area contributed by atoms with Crippen LogP contribution in [0.2, 0.25) is 0 Å². The van der Waals surface area contributed by atoms with Gasteiger partial charge in [-0.05, 0) is 37.3 Å². The van der Waals surface area contributed by atoms with Crippen LogP contribution >= 0.6 is 47.2 Å². The number of hydrogen-bond acceptors (Lipinski definition) is 4. The number of thiocarbonyl (C=S) groups is 1. The molecule has 0 spiro atoms. The minimum atomic E-state index is -0.174. The molecular weight excluding hydrogens is 457 g/mol. The first kappa shape index (κ1) is 24.2. The maximum absolute atomic E-state index is 12.9. The first-order valence-electron chi connectivity index (χ1n) is 8.93. The third-order valence-corrected chi connectivity index (χ3v) is 5.71. The van der Waals surface area contributed by atoms with Crippen molar-refractivity contribution >= 4 is 63.1 Å². The first-order chi connectivity index (χ1) is 14.4. The zero-order chi connectivity index (χ0) is 22.1. The summed E-state index contributed by atoms with van der Waals surface area (Å²) in [6.07, 6.45) is 12.3. The molecule has 1 fully saturated rings. The van der Waals surface area contributed by atoms with Crippen LogP contribution in [0, 0.1) is 12.8 Å². The molecule has 0 radical (unpaired) electrons. The van der Waals surface area contributed by atoms with Crippen LogP contribution in [-0.2, 0) is 9.53 Å². The van der Waals surface area contributed by atoms with Crippen LogP contribution in [-0.4, -0.2) is 17.3 Å². The van der Waals surface area contributed by atoms with Crippen LogP contribution in [0.4, 0.5) is 5.69 Å². The largest absolute Gasteiger partial charge is 0.497 e. The Hall–Kier alpha value is -2.05. The summed E-state index contributed by atoms with van der Waals surface area (Å²) in [5.74, 6) is 0.265. The van der Waals surface area contributed by atoms with E-state index in [2.05, 4.69) is 6.58 Å². The number of anilines is 1. The number of hydrogen-bond donors (Lipinski definition) is 0. The van der Waals surface area contributed by atoms with Gasteiger partial charge in [0, 0.05) is 16.5 Å². The van der Waals surface area contributed by atoms with E-state index in [1.165, 1.54) is 22.2 Å². The number of ether oxygens (including phenoxy) is 1. The zero-order valence-electron chi connectivity index (χ0n) is 16.5. The highest BCUT2D eigenvalue weighted by atomic mass is 35.5. The van der Waals surface area contributed by atoms with Crippen molar-refractivity contribution in [3.05, 3.63) is 100 Å². The average molecular weight is 478 g/mol. The van der Waals surface area contributed by atoms with Gasteiger partial charge in [0.2, 0.25) is 0 Å². The molecule has 0 N–H and O–H groups in total. The van der Waals surface area contributed by atoms with Crippen LogP contribution in [0.25, 0.3) is 0 Å². The minimum absolute atomic E-state index is 0.0838. The molecule has 1 aliphatic rings. The zero-order valence-corrected chi connectivity index (χ0v) is 19.7. The van der Waals surface area contributed by atoms with Crippen LogP contribution in [0.3, 0.4) is 0 Å². The molecule has 2 rings (SSSR count). The van der Waals surface area contributed by atoms with Gasteiger partial charge < -0.3 is 4.74 Å². The molecule has 30 heavy (non-hydrogen) atoms. The lowest BCUT2D eigenvalue weighted by Gasteiger charge is -2.14. The van der Waals surface area contributed by atoms with E-state index in [-0.39, 0.29) is 11.8 Å². The Balaban J connectivity index is 2.19. The van der Waals surface area contributed by atoms with E-state index in [1.54, 1.807) is 37.5 Å². The topological polar surface area (TPSA) is 29.5 Å². The average Bonchev–Trinajstić information content (AvgIpc) is 3.00. The molecule has 3 nitrogen and oxygen atoms in total. The fraction of sp³-hybridized carbons (Fsp3) is 0.130. The molecule has 1 atom stereocenters. The summed E-state index contributed by atoms with van der Waals surface area (Å²) >= 11 is 18.2. The van der Waals surface area contributed by atoms with Crippen molar-refractivity contribution in [1.82, 2.24) is 0 Å². The van der Waals surface area contributed by atoms with E-state index in [0.29, 0.717) is 20.0 Å². The van der Waals surface area contributed by atoms with Crippen molar-refractivity contribution in [3.63, 3.8) is 0 Å². The molecule has 1 unspecified atom stereocenters. The molecule has 7 heteroatoms. The Morgan fingerprint density at radius 3 is 2.63 bits per heavy atom. The van der Waals surface area contributed by atoms with Crippen molar-refractivity contribution in [2.24, 2.45) is 5.92 Å². The fourth-order valence-corrected chi connectivity index (χ4v) is 4.16. The van der Waals surface area contributed by atoms with Gasteiger partial charge in [0.15, 0.2) is 4.32 Å². The Kier molecular flexibility index (Phi) is 9.66. The maximum Gasteiger partial charge on any atom is 0.270 e. The van der Waals surface area contributed by atoms with Gasteiger partial charge in [-0.1, -0.05) is 89.2 Å². The number of carbonyl (C=O) groups is 1. The lowest BCUT2D eigenvalue weighted by atomic mass is 10.1. The number of allylic oxidation sites excluding steroid dienone is 8. The van der Waals surface area contributed by atoms with Crippen LogP contribution in [0.1, 0.15) is 5.56 Å². The monoisotopic (exact) mass is 477 g/mol. The molecule has 1 saturated heterocycles. The Bertz CT molecular complexity index is 960. The molecule has 1 aromatic rings. The molecule has 0 aromatic heterocycles. The predicted molar refractivity (Wildman–Crippen MR) is 134 cm³/mol. The van der Waals surface area contributed by atoms with E-state index in [1.807, 2.05) is 43.3 Å². The molecule has 1 aliphatic heterocycles. The van der Waals surface area contributed by atoms with Gasteiger partial charge >= 0.3 is 0 Å². The number of nitrogens with zero attached hydrogens (tertiary/aromatic N) is 1. The third kappa shape index (κ3) is 6.74. The Morgan fingerprint density at radius 2 is 2.03 bits per heavy atom. The number of rotatable bonds is 8. The lowest BCUT2D eigenvalue weighted by molar-refractivity contribution is -0.113. The fourth-order valence-electron chi connectivity index (χ4n) is 2.47. The normalized spacial score (nSPS) is 18.1. The number of methoxy groups -OCH3 is 1. The van der Waals surface area contributed by atoms with Crippen molar-refractivity contribution in [3.8, 4) is 0 Å². The van der Waals surface area contributed by atoms with E-state index >= 15 is 0 Å². The highest BCUT2D eigenvalue weighted by Crippen LogP contribution is 2.35. The van der Waals surface area contributed by atoms with Crippen molar-refractivity contribution in [1.29, 1.82) is 0 Å². The number of thioether (sulfide) groups is 1. The van der Waals surface area contributed by atoms with Crippen LogP contribution in [0.5, 0.6) is 0 Å². The van der Waals surface area contributed by atoms with Gasteiger partial charge in [0.1, 0.15) is 5.76 Å². The maximum atomic E-state index is 12.9. The van der Waals surface area contributed by atoms with Crippen LogP contribution in [0.15, 0.2) is 94.6 Å². The number of carbonyl (C=O) groups excluding carboxylic acids is 1. The summed E-state index contributed by atoms with van der Waals surface area (Å²) in [5.41, 5.74) is 3.21.